The minimum absolute atomic E-state index is 0.338. The van der Waals surface area contributed by atoms with Crippen molar-refractivity contribution in [3.8, 4) is 11.5 Å². The highest BCUT2D eigenvalue weighted by Crippen LogP contribution is 2.29. The van der Waals surface area contributed by atoms with Crippen molar-refractivity contribution in [2.75, 3.05) is 0 Å². The fourth-order valence-electron chi connectivity index (χ4n) is 3.36. The van der Waals surface area contributed by atoms with Gasteiger partial charge in [-0.05, 0) is 49.9 Å². The number of ether oxygens (including phenoxy) is 1. The van der Waals surface area contributed by atoms with E-state index in [0.717, 1.165) is 17.7 Å². The molecule has 0 unspecified atom stereocenters. The van der Waals surface area contributed by atoms with Gasteiger partial charge in [0.1, 0.15) is 17.1 Å². The number of hydrogen-bond acceptors (Lipinski definition) is 2. The third kappa shape index (κ3) is 6.74. The summed E-state index contributed by atoms with van der Waals surface area (Å²) in [5.74, 6) is 1.31. The topological polar surface area (TPSA) is 29.5 Å². The Bertz CT molecular complexity index is 661. The van der Waals surface area contributed by atoms with Crippen molar-refractivity contribution in [2.24, 2.45) is 0 Å². The van der Waals surface area contributed by atoms with Crippen LogP contribution in [0.2, 0.25) is 0 Å². The van der Waals surface area contributed by atoms with Crippen molar-refractivity contribution in [1.82, 2.24) is 0 Å². The second kappa shape index (κ2) is 10.3. The van der Waals surface area contributed by atoms with E-state index in [-0.39, 0.29) is 5.60 Å². The zero-order chi connectivity index (χ0) is 18.8. The number of para-hydroxylation sites is 2. The van der Waals surface area contributed by atoms with E-state index in [0.29, 0.717) is 12.2 Å². The average Bonchev–Trinajstić information content (AvgIpc) is 2.61. The Hall–Kier alpha value is -1.96. The van der Waals surface area contributed by atoms with Crippen LogP contribution in [0.1, 0.15) is 70.4 Å². The molecule has 0 fully saturated rings. The van der Waals surface area contributed by atoms with Gasteiger partial charge in [0, 0.05) is 6.42 Å². The molecule has 2 aromatic rings. The molecule has 142 valence electrons. The number of hydrogen-bond donors (Lipinski definition) is 1. The highest BCUT2D eigenvalue weighted by Gasteiger charge is 2.23. The molecule has 0 radical (unpaired) electrons. The summed E-state index contributed by atoms with van der Waals surface area (Å²) in [5, 5.41) is 10.0. The standard InChI is InChI=1S/C24H34O2/c1-4-5-6-7-8-9-14-20-15-11-13-18-23(20)26-24(2,3)19-21-16-10-12-17-22(21)25/h10-13,15-18,25H,4-9,14,19H2,1-3H3. The van der Waals surface area contributed by atoms with Crippen LogP contribution in [0.25, 0.3) is 0 Å². The molecule has 0 aliphatic heterocycles. The predicted molar refractivity (Wildman–Crippen MR) is 110 cm³/mol. The molecule has 0 bridgehead atoms. The minimum atomic E-state index is -0.379. The fourth-order valence-corrected chi connectivity index (χ4v) is 3.36. The van der Waals surface area contributed by atoms with E-state index in [4.69, 9.17) is 4.74 Å². The Kier molecular flexibility index (Phi) is 8.03. The summed E-state index contributed by atoms with van der Waals surface area (Å²) in [7, 11) is 0. The predicted octanol–water partition coefficient (Wildman–Crippen LogP) is 6.70. The first kappa shape index (κ1) is 20.4. The third-order valence-electron chi connectivity index (χ3n) is 4.77. The molecular weight excluding hydrogens is 320 g/mol. The Morgan fingerprint density at radius 1 is 0.808 bits per heavy atom. The SMILES string of the molecule is CCCCCCCCc1ccccc1OC(C)(C)Cc1ccccc1O. The molecule has 0 saturated heterocycles. The van der Waals surface area contributed by atoms with Gasteiger partial charge >= 0.3 is 0 Å². The van der Waals surface area contributed by atoms with Crippen molar-refractivity contribution in [1.29, 1.82) is 0 Å². The van der Waals surface area contributed by atoms with E-state index in [9.17, 15) is 5.11 Å². The average molecular weight is 355 g/mol. The lowest BCUT2D eigenvalue weighted by Gasteiger charge is -2.28. The lowest BCUT2D eigenvalue weighted by molar-refractivity contribution is 0.107. The number of benzene rings is 2. The first-order valence-electron chi connectivity index (χ1n) is 10.1. The van der Waals surface area contributed by atoms with Gasteiger partial charge in [0.25, 0.3) is 0 Å². The normalized spacial score (nSPS) is 11.5. The van der Waals surface area contributed by atoms with E-state index >= 15 is 0 Å². The molecule has 0 aliphatic carbocycles. The van der Waals surface area contributed by atoms with Gasteiger partial charge in [0.2, 0.25) is 0 Å². The van der Waals surface area contributed by atoms with E-state index in [1.807, 2.05) is 24.3 Å². The van der Waals surface area contributed by atoms with Crippen LogP contribution < -0.4 is 4.74 Å². The summed E-state index contributed by atoms with van der Waals surface area (Å²) >= 11 is 0. The Morgan fingerprint density at radius 2 is 1.42 bits per heavy atom. The zero-order valence-electron chi connectivity index (χ0n) is 16.6. The van der Waals surface area contributed by atoms with Crippen LogP contribution in [-0.4, -0.2) is 10.7 Å². The molecule has 0 heterocycles. The molecule has 1 N–H and O–H groups in total. The van der Waals surface area contributed by atoms with Gasteiger partial charge in [-0.25, -0.2) is 0 Å². The lowest BCUT2D eigenvalue weighted by Crippen LogP contribution is -2.31. The monoisotopic (exact) mass is 354 g/mol. The van der Waals surface area contributed by atoms with E-state index in [1.54, 1.807) is 6.07 Å². The Morgan fingerprint density at radius 3 is 2.15 bits per heavy atom. The van der Waals surface area contributed by atoms with Gasteiger partial charge in [-0.3, -0.25) is 0 Å². The quantitative estimate of drug-likeness (QED) is 0.455. The number of aromatic hydroxyl groups is 1. The van der Waals surface area contributed by atoms with Crippen molar-refractivity contribution in [2.45, 2.75) is 77.7 Å². The highest BCUT2D eigenvalue weighted by atomic mass is 16.5. The largest absolute Gasteiger partial charge is 0.508 e. The smallest absolute Gasteiger partial charge is 0.123 e. The Labute approximate surface area is 159 Å². The van der Waals surface area contributed by atoms with Gasteiger partial charge < -0.3 is 9.84 Å². The summed E-state index contributed by atoms with van der Waals surface area (Å²) in [6.45, 7) is 6.42. The highest BCUT2D eigenvalue weighted by molar-refractivity contribution is 5.36. The van der Waals surface area contributed by atoms with E-state index in [1.165, 1.54) is 44.1 Å². The summed E-state index contributed by atoms with van der Waals surface area (Å²) < 4.78 is 6.38. The van der Waals surface area contributed by atoms with Crippen LogP contribution in [0, 0.1) is 0 Å². The van der Waals surface area contributed by atoms with Crippen LogP contribution in [-0.2, 0) is 12.8 Å². The molecule has 26 heavy (non-hydrogen) atoms. The molecule has 2 aromatic carbocycles. The van der Waals surface area contributed by atoms with Crippen molar-refractivity contribution >= 4 is 0 Å². The van der Waals surface area contributed by atoms with Crippen LogP contribution in [0.5, 0.6) is 11.5 Å². The van der Waals surface area contributed by atoms with Gasteiger partial charge in [-0.2, -0.15) is 0 Å². The van der Waals surface area contributed by atoms with E-state index < -0.39 is 0 Å². The first-order valence-corrected chi connectivity index (χ1v) is 10.1. The number of aryl methyl sites for hydroxylation is 1. The van der Waals surface area contributed by atoms with Gasteiger partial charge in [0.05, 0.1) is 0 Å². The number of phenols is 1. The third-order valence-corrected chi connectivity index (χ3v) is 4.77. The zero-order valence-corrected chi connectivity index (χ0v) is 16.6. The molecule has 2 heteroatoms. The van der Waals surface area contributed by atoms with Crippen molar-refractivity contribution in [3.63, 3.8) is 0 Å². The van der Waals surface area contributed by atoms with Gasteiger partial charge in [-0.1, -0.05) is 75.4 Å². The molecule has 0 aliphatic rings. The second-order valence-corrected chi connectivity index (χ2v) is 7.79. The van der Waals surface area contributed by atoms with Gasteiger partial charge in [-0.15, -0.1) is 0 Å². The van der Waals surface area contributed by atoms with Crippen LogP contribution in [0.3, 0.4) is 0 Å². The maximum absolute atomic E-state index is 10.0. The number of phenolic OH excluding ortho intramolecular Hbond substituents is 1. The molecule has 0 aromatic heterocycles. The molecule has 0 spiro atoms. The van der Waals surface area contributed by atoms with Crippen molar-refractivity contribution < 1.29 is 9.84 Å². The maximum Gasteiger partial charge on any atom is 0.123 e. The van der Waals surface area contributed by atoms with Crippen LogP contribution in [0.15, 0.2) is 48.5 Å². The Balaban J connectivity index is 1.94. The van der Waals surface area contributed by atoms with E-state index in [2.05, 4.69) is 39.0 Å². The summed E-state index contributed by atoms with van der Waals surface area (Å²) in [4.78, 5) is 0. The fraction of sp³-hybridized carbons (Fsp3) is 0.500. The second-order valence-electron chi connectivity index (χ2n) is 7.79. The molecule has 0 amide bonds. The lowest BCUT2D eigenvalue weighted by atomic mass is 9.97. The molecule has 0 atom stereocenters. The molecule has 0 saturated carbocycles. The van der Waals surface area contributed by atoms with Crippen LogP contribution in [0.4, 0.5) is 0 Å². The minimum Gasteiger partial charge on any atom is -0.508 e. The number of rotatable bonds is 11. The summed E-state index contributed by atoms with van der Waals surface area (Å²) in [6, 6.07) is 15.9. The van der Waals surface area contributed by atoms with Crippen LogP contribution >= 0.6 is 0 Å². The summed E-state index contributed by atoms with van der Waals surface area (Å²) in [6.07, 6.45) is 9.56. The molecular formula is C24H34O2. The van der Waals surface area contributed by atoms with Gasteiger partial charge in [0.15, 0.2) is 0 Å². The van der Waals surface area contributed by atoms with Crippen molar-refractivity contribution in [3.05, 3.63) is 59.7 Å². The molecule has 2 rings (SSSR count). The number of unbranched alkanes of at least 4 members (excludes halogenated alkanes) is 5. The molecule has 2 nitrogen and oxygen atoms in total. The first-order chi connectivity index (χ1) is 12.5. The summed E-state index contributed by atoms with van der Waals surface area (Å²) in [5.41, 5.74) is 1.83. The maximum atomic E-state index is 10.0.